The highest BCUT2D eigenvalue weighted by molar-refractivity contribution is 6.21. The predicted molar refractivity (Wildman–Crippen MR) is 162 cm³/mol. The Bertz CT molecular complexity index is 1740. The molecule has 6 aromatic carbocycles. The van der Waals surface area contributed by atoms with E-state index in [1.165, 1.54) is 66.3 Å². The summed E-state index contributed by atoms with van der Waals surface area (Å²) in [5.74, 6) is 0. The van der Waals surface area contributed by atoms with E-state index in [0.29, 0.717) is 0 Å². The van der Waals surface area contributed by atoms with Gasteiger partial charge in [0.15, 0.2) is 0 Å². The molecule has 0 saturated heterocycles. The van der Waals surface area contributed by atoms with Gasteiger partial charge in [-0.1, -0.05) is 121 Å². The molecule has 180 valence electrons. The maximum absolute atomic E-state index is 2.38. The van der Waals surface area contributed by atoms with E-state index in [1.54, 1.807) is 0 Å². The van der Waals surface area contributed by atoms with Crippen LogP contribution in [0.5, 0.6) is 0 Å². The minimum absolute atomic E-state index is 1.23. The highest BCUT2D eigenvalue weighted by Gasteiger charge is 2.20. The van der Waals surface area contributed by atoms with E-state index in [9.17, 15) is 0 Å². The van der Waals surface area contributed by atoms with Crippen LogP contribution in [0, 0.1) is 0 Å². The molecule has 1 heterocycles. The molecular weight excluding hydrogens is 458 g/mol. The number of nitrogens with zero attached hydrogens (tertiary/aromatic N) is 1. The van der Waals surface area contributed by atoms with Crippen molar-refractivity contribution in [1.29, 1.82) is 0 Å². The summed E-state index contributed by atoms with van der Waals surface area (Å²) >= 11 is 0. The van der Waals surface area contributed by atoms with Gasteiger partial charge in [0.25, 0.3) is 0 Å². The molecule has 7 rings (SSSR count). The third kappa shape index (κ3) is 3.72. The number of rotatable bonds is 4. The van der Waals surface area contributed by atoms with Gasteiger partial charge in [0.2, 0.25) is 0 Å². The van der Waals surface area contributed by atoms with E-state index >= 15 is 0 Å². The van der Waals surface area contributed by atoms with Crippen molar-refractivity contribution in [2.24, 2.45) is 7.05 Å². The van der Waals surface area contributed by atoms with E-state index in [-0.39, 0.29) is 0 Å². The molecule has 1 nitrogen and oxygen atoms in total. The van der Waals surface area contributed by atoms with Gasteiger partial charge in [-0.2, -0.15) is 0 Å². The van der Waals surface area contributed by atoms with Gasteiger partial charge in [-0.05, 0) is 68.8 Å². The van der Waals surface area contributed by atoms with Crippen LogP contribution < -0.4 is 0 Å². The Kier molecular flexibility index (Phi) is 5.41. The van der Waals surface area contributed by atoms with Crippen molar-refractivity contribution >= 4 is 21.8 Å². The van der Waals surface area contributed by atoms with E-state index in [0.717, 1.165) is 0 Å². The molecule has 38 heavy (non-hydrogen) atoms. The quantitative estimate of drug-likeness (QED) is 0.234. The fourth-order valence-corrected chi connectivity index (χ4v) is 5.72. The smallest absolute Gasteiger partial charge is 0.0501 e. The lowest BCUT2D eigenvalue weighted by molar-refractivity contribution is 1.01. The van der Waals surface area contributed by atoms with E-state index in [2.05, 4.69) is 157 Å². The number of hydrogen-bond acceptors (Lipinski definition) is 0. The molecule has 0 aliphatic rings. The third-order valence-electron chi connectivity index (χ3n) is 7.59. The maximum Gasteiger partial charge on any atom is 0.0501 e. The molecule has 0 unspecified atom stereocenters. The van der Waals surface area contributed by atoms with Crippen LogP contribution in [0.2, 0.25) is 0 Å². The van der Waals surface area contributed by atoms with Crippen molar-refractivity contribution in [2.75, 3.05) is 0 Å². The summed E-state index contributed by atoms with van der Waals surface area (Å²) in [5, 5.41) is 2.60. The molecule has 0 fully saturated rings. The molecule has 0 aliphatic carbocycles. The topological polar surface area (TPSA) is 4.93 Å². The fraction of sp³-hybridized carbons (Fsp3) is 0.0270. The number of hydrogen-bond donors (Lipinski definition) is 0. The first-order chi connectivity index (χ1) is 18.8. The van der Waals surface area contributed by atoms with Crippen LogP contribution in [0.3, 0.4) is 0 Å². The van der Waals surface area contributed by atoms with Crippen molar-refractivity contribution in [2.45, 2.75) is 0 Å². The van der Waals surface area contributed by atoms with Crippen molar-refractivity contribution in [3.63, 3.8) is 0 Å². The molecule has 7 aromatic rings. The Hall–Kier alpha value is -4.88. The monoisotopic (exact) mass is 485 g/mol. The van der Waals surface area contributed by atoms with E-state index in [4.69, 9.17) is 0 Å². The van der Waals surface area contributed by atoms with Crippen molar-refractivity contribution in [3.05, 3.63) is 146 Å². The summed E-state index contributed by atoms with van der Waals surface area (Å²) in [4.78, 5) is 0. The normalized spacial score (nSPS) is 11.3. The van der Waals surface area contributed by atoms with Crippen LogP contribution in [0.4, 0.5) is 0 Å². The second-order valence-corrected chi connectivity index (χ2v) is 9.86. The Morgan fingerprint density at radius 1 is 0.342 bits per heavy atom. The SMILES string of the molecule is Cn1c2cc(-c3ccccc3)cc(-c3ccccc3)c2c2c(-c3ccccc3)cc(-c3ccccc3)cc21. The van der Waals surface area contributed by atoms with E-state index in [1.807, 2.05) is 0 Å². The number of benzene rings is 6. The third-order valence-corrected chi connectivity index (χ3v) is 7.59. The molecular formula is C37H27N. The summed E-state index contributed by atoms with van der Waals surface area (Å²) in [6.45, 7) is 0. The van der Waals surface area contributed by atoms with Gasteiger partial charge in [-0.3, -0.25) is 0 Å². The molecule has 0 N–H and O–H groups in total. The standard InChI is InChI=1S/C37H27N/c1-38-34-24-30(26-14-6-2-7-15-26)22-32(28-18-10-4-11-19-28)36(34)37-33(29-20-12-5-13-21-29)23-31(25-35(37)38)27-16-8-3-9-17-27/h2-25H,1H3. The van der Waals surface area contributed by atoms with Gasteiger partial charge in [-0.25, -0.2) is 0 Å². The Balaban J connectivity index is 1.65. The minimum Gasteiger partial charge on any atom is -0.344 e. The van der Waals surface area contributed by atoms with Crippen molar-refractivity contribution in [3.8, 4) is 44.5 Å². The zero-order valence-electron chi connectivity index (χ0n) is 21.3. The second-order valence-electron chi connectivity index (χ2n) is 9.86. The van der Waals surface area contributed by atoms with Gasteiger partial charge in [0, 0.05) is 17.8 Å². The molecule has 0 bridgehead atoms. The summed E-state index contributed by atoms with van der Waals surface area (Å²) in [6.07, 6.45) is 0. The van der Waals surface area contributed by atoms with Crippen molar-refractivity contribution in [1.82, 2.24) is 4.57 Å². The highest BCUT2D eigenvalue weighted by atomic mass is 14.9. The molecule has 0 saturated carbocycles. The summed E-state index contributed by atoms with van der Waals surface area (Å²) < 4.78 is 2.38. The highest BCUT2D eigenvalue weighted by Crippen LogP contribution is 2.45. The largest absolute Gasteiger partial charge is 0.344 e. The van der Waals surface area contributed by atoms with Crippen LogP contribution in [0.1, 0.15) is 0 Å². The average molecular weight is 486 g/mol. The molecule has 0 aliphatic heterocycles. The van der Waals surface area contributed by atoms with Gasteiger partial charge < -0.3 is 4.57 Å². The second kappa shape index (κ2) is 9.21. The molecule has 1 aromatic heterocycles. The summed E-state index contributed by atoms with van der Waals surface area (Å²) in [5.41, 5.74) is 12.4. The Labute approximate surface area is 223 Å². The zero-order valence-corrected chi connectivity index (χ0v) is 21.3. The van der Waals surface area contributed by atoms with Gasteiger partial charge in [0.05, 0.1) is 11.0 Å². The first kappa shape index (κ1) is 22.3. The molecule has 1 heteroatoms. The van der Waals surface area contributed by atoms with Crippen LogP contribution in [-0.4, -0.2) is 4.57 Å². The van der Waals surface area contributed by atoms with E-state index < -0.39 is 0 Å². The van der Waals surface area contributed by atoms with Gasteiger partial charge in [-0.15, -0.1) is 0 Å². The predicted octanol–water partition coefficient (Wildman–Crippen LogP) is 10.00. The van der Waals surface area contributed by atoms with Crippen LogP contribution in [0.15, 0.2) is 146 Å². The average Bonchev–Trinajstić information content (AvgIpc) is 3.29. The number of aromatic nitrogens is 1. The zero-order chi connectivity index (χ0) is 25.5. The molecule has 0 atom stereocenters. The lowest BCUT2D eigenvalue weighted by Crippen LogP contribution is -1.90. The van der Waals surface area contributed by atoms with Crippen LogP contribution in [-0.2, 0) is 7.05 Å². The van der Waals surface area contributed by atoms with Gasteiger partial charge in [0.1, 0.15) is 0 Å². The fourth-order valence-electron chi connectivity index (χ4n) is 5.72. The van der Waals surface area contributed by atoms with Gasteiger partial charge >= 0.3 is 0 Å². The molecule has 0 amide bonds. The van der Waals surface area contributed by atoms with Crippen LogP contribution in [0.25, 0.3) is 66.3 Å². The van der Waals surface area contributed by atoms with Crippen LogP contribution >= 0.6 is 0 Å². The molecule has 0 radical (unpaired) electrons. The number of aryl methyl sites for hydroxylation is 1. The summed E-state index contributed by atoms with van der Waals surface area (Å²) in [7, 11) is 2.21. The number of fused-ring (bicyclic) bond motifs is 3. The maximum atomic E-state index is 2.38. The first-order valence-electron chi connectivity index (χ1n) is 13.1. The molecule has 0 spiro atoms. The minimum atomic E-state index is 1.23. The van der Waals surface area contributed by atoms with Crippen molar-refractivity contribution < 1.29 is 0 Å². The lowest BCUT2D eigenvalue weighted by atomic mass is 9.90. The lowest BCUT2D eigenvalue weighted by Gasteiger charge is -2.12. The Morgan fingerprint density at radius 3 is 1.00 bits per heavy atom. The first-order valence-corrected chi connectivity index (χ1v) is 13.1. The summed E-state index contributed by atoms with van der Waals surface area (Å²) in [6, 6.07) is 52.4. The Morgan fingerprint density at radius 2 is 0.658 bits per heavy atom.